The molecule has 3 aliphatic rings. The summed E-state index contributed by atoms with van der Waals surface area (Å²) in [7, 11) is 3.01. The lowest BCUT2D eigenvalue weighted by molar-refractivity contribution is -0.181. The van der Waals surface area contributed by atoms with Gasteiger partial charge in [0.05, 0.1) is 17.5 Å². The lowest BCUT2D eigenvalue weighted by atomic mass is 9.52. The molecule has 1 amide bonds. The average molecular weight is 560 g/mol. The van der Waals surface area contributed by atoms with Crippen molar-refractivity contribution in [2.24, 2.45) is 34.8 Å². The van der Waals surface area contributed by atoms with Crippen LogP contribution in [0.25, 0.3) is 0 Å². The second kappa shape index (κ2) is 9.53. The van der Waals surface area contributed by atoms with E-state index in [1.807, 2.05) is 20.8 Å². The van der Waals surface area contributed by atoms with E-state index in [9.17, 15) is 34.2 Å². The number of Topliss-reactive ketones (excluding diaryl/α,β-unsaturated/α-hetero) is 4. The van der Waals surface area contributed by atoms with Crippen molar-refractivity contribution in [3.63, 3.8) is 0 Å². The van der Waals surface area contributed by atoms with E-state index in [-0.39, 0.29) is 34.9 Å². The number of primary amides is 1. The van der Waals surface area contributed by atoms with E-state index in [4.69, 9.17) is 5.73 Å². The molecule has 6 atom stereocenters. The van der Waals surface area contributed by atoms with Crippen molar-refractivity contribution in [3.8, 4) is 5.75 Å². The van der Waals surface area contributed by atoms with Crippen LogP contribution in [0.1, 0.15) is 62.5 Å². The Bertz CT molecular complexity index is 1330. The summed E-state index contributed by atoms with van der Waals surface area (Å²) in [5, 5.41) is 25.9. The summed E-state index contributed by atoms with van der Waals surface area (Å²) in [5.74, 6) is -12.4. The van der Waals surface area contributed by atoms with E-state index >= 15 is 4.39 Å². The van der Waals surface area contributed by atoms with Crippen LogP contribution in [-0.4, -0.2) is 76.4 Å². The first-order valence-corrected chi connectivity index (χ1v) is 13.4. The van der Waals surface area contributed by atoms with E-state index in [2.05, 4.69) is 5.32 Å². The Labute approximate surface area is 232 Å². The quantitative estimate of drug-likeness (QED) is 0.383. The van der Waals surface area contributed by atoms with Crippen LogP contribution < -0.4 is 11.1 Å². The van der Waals surface area contributed by atoms with E-state index < -0.39 is 81.5 Å². The van der Waals surface area contributed by atoms with Crippen LogP contribution in [0.5, 0.6) is 5.75 Å². The average Bonchev–Trinajstić information content (AvgIpc) is 2.81. The van der Waals surface area contributed by atoms with Crippen molar-refractivity contribution < 1.29 is 38.6 Å². The fraction of sp³-hybridized carbons (Fsp3) is 0.621. The zero-order valence-corrected chi connectivity index (χ0v) is 23.9. The number of nitrogens with one attached hydrogen (secondary N) is 1. The summed E-state index contributed by atoms with van der Waals surface area (Å²) in [6.07, 6.45) is -0.269. The van der Waals surface area contributed by atoms with Crippen LogP contribution in [0.2, 0.25) is 0 Å². The minimum absolute atomic E-state index is 0.0463. The summed E-state index contributed by atoms with van der Waals surface area (Å²) < 4.78 is 16.2. The number of nitrogens with zero attached hydrogens (tertiary/aromatic N) is 1. The van der Waals surface area contributed by atoms with Gasteiger partial charge in [0.15, 0.2) is 34.7 Å². The summed E-state index contributed by atoms with van der Waals surface area (Å²) >= 11 is 0. The van der Waals surface area contributed by atoms with Crippen LogP contribution >= 0.6 is 0 Å². The smallest absolute Gasteiger partial charge is 0.235 e. The van der Waals surface area contributed by atoms with E-state index in [1.165, 1.54) is 25.1 Å². The predicted molar refractivity (Wildman–Crippen MR) is 142 cm³/mol. The molecule has 2 fully saturated rings. The first kappa shape index (κ1) is 30.0. The number of hydrogen-bond donors (Lipinski definition) is 4. The standard InChI is InChI=1S/C29H38FN3O7/c1-27(2,3)11-32-28(4,5)14-10-16(34)18-13(20(14)30)8-12-9-15-21(33(6)7)23(36)19(26(31)39)25(38)29(15,40)24(37)17(12)22(18)35/h10,12,15,17,19,21,32,34,40H,8-9,11H2,1-7H3,(H2,31,39)/t12-,15-,17?,19?,21-,29-/m0/s1. The minimum atomic E-state index is -2.82. The fourth-order valence-corrected chi connectivity index (χ4v) is 6.68. The Balaban J connectivity index is 1.82. The number of fused-ring (bicyclic) bond motifs is 3. The highest BCUT2D eigenvalue weighted by Gasteiger charge is 2.69. The van der Waals surface area contributed by atoms with Crippen LogP contribution in [0.15, 0.2) is 6.07 Å². The number of nitrogens with two attached hydrogens (primary N) is 1. The van der Waals surface area contributed by atoms with Gasteiger partial charge in [-0.2, -0.15) is 0 Å². The third kappa shape index (κ3) is 4.38. The Morgan fingerprint density at radius 1 is 1.15 bits per heavy atom. The van der Waals surface area contributed by atoms with Crippen molar-refractivity contribution >= 4 is 29.0 Å². The highest BCUT2D eigenvalue weighted by molar-refractivity contribution is 6.32. The third-order valence-electron chi connectivity index (χ3n) is 8.73. The lowest BCUT2D eigenvalue weighted by Gasteiger charge is -2.52. The molecule has 3 aliphatic carbocycles. The first-order valence-electron chi connectivity index (χ1n) is 13.4. The van der Waals surface area contributed by atoms with Gasteiger partial charge in [-0.15, -0.1) is 0 Å². The van der Waals surface area contributed by atoms with Gasteiger partial charge in [-0.25, -0.2) is 4.39 Å². The predicted octanol–water partition coefficient (Wildman–Crippen LogP) is 0.877. The molecule has 0 aromatic heterocycles. The molecular formula is C29H38FN3O7. The highest BCUT2D eigenvalue weighted by atomic mass is 19.1. The number of rotatable bonds is 5. The molecule has 10 nitrogen and oxygen atoms in total. The topological polar surface area (TPSA) is 167 Å². The van der Waals surface area contributed by atoms with Gasteiger partial charge in [0.25, 0.3) is 0 Å². The highest BCUT2D eigenvalue weighted by Crippen LogP contribution is 2.51. The fourth-order valence-electron chi connectivity index (χ4n) is 6.68. The molecule has 0 bridgehead atoms. The summed E-state index contributed by atoms with van der Waals surface area (Å²) in [4.78, 5) is 67.5. The van der Waals surface area contributed by atoms with E-state index in [1.54, 1.807) is 13.8 Å². The number of phenols is 1. The van der Waals surface area contributed by atoms with Gasteiger partial charge in [-0.05, 0) is 58.2 Å². The molecule has 5 N–H and O–H groups in total. The van der Waals surface area contributed by atoms with Gasteiger partial charge in [-0.3, -0.25) is 28.9 Å². The summed E-state index contributed by atoms with van der Waals surface area (Å²) in [6, 6.07) is -0.0469. The number of hydrogen-bond acceptors (Lipinski definition) is 9. The molecule has 0 spiro atoms. The van der Waals surface area contributed by atoms with Gasteiger partial charge in [0.2, 0.25) is 5.91 Å². The van der Waals surface area contributed by atoms with Crippen molar-refractivity contribution in [2.45, 2.75) is 64.6 Å². The molecule has 0 heterocycles. The number of carbonyl (C=O) groups excluding carboxylic acids is 5. The molecule has 0 saturated heterocycles. The number of amides is 1. The maximum atomic E-state index is 16.2. The number of halogens is 1. The third-order valence-corrected chi connectivity index (χ3v) is 8.73. The van der Waals surface area contributed by atoms with Crippen LogP contribution in [0.3, 0.4) is 0 Å². The van der Waals surface area contributed by atoms with Gasteiger partial charge < -0.3 is 21.3 Å². The molecule has 1 aromatic rings. The van der Waals surface area contributed by atoms with Gasteiger partial charge >= 0.3 is 0 Å². The molecule has 218 valence electrons. The summed E-state index contributed by atoms with van der Waals surface area (Å²) in [5.41, 5.74) is 1.21. The van der Waals surface area contributed by atoms with Crippen molar-refractivity contribution in [1.82, 2.24) is 10.2 Å². The van der Waals surface area contributed by atoms with Gasteiger partial charge in [-0.1, -0.05) is 20.8 Å². The molecule has 0 radical (unpaired) electrons. The zero-order chi connectivity index (χ0) is 30.3. The Morgan fingerprint density at radius 2 is 1.75 bits per heavy atom. The zero-order valence-electron chi connectivity index (χ0n) is 23.9. The number of aliphatic hydroxyl groups is 1. The number of likely N-dealkylation sites (N-methyl/N-ethyl adjacent to an activating group) is 1. The minimum Gasteiger partial charge on any atom is -0.507 e. The molecule has 0 aliphatic heterocycles. The molecule has 11 heteroatoms. The molecule has 2 unspecified atom stereocenters. The van der Waals surface area contributed by atoms with Crippen molar-refractivity contribution in [1.29, 1.82) is 0 Å². The molecule has 1 aromatic carbocycles. The molecule has 2 saturated carbocycles. The number of aromatic hydroxyl groups is 1. The van der Waals surface area contributed by atoms with Crippen molar-refractivity contribution in [3.05, 3.63) is 28.6 Å². The van der Waals surface area contributed by atoms with Crippen molar-refractivity contribution in [2.75, 3.05) is 20.6 Å². The second-order valence-corrected chi connectivity index (χ2v) is 13.4. The SMILES string of the molecule is CN(C)[C@@H]1C(=O)C(C(N)=O)C(=O)[C@@]2(O)C(=O)C3C(=O)c4c(O)cc(C(C)(C)NCC(C)(C)C)c(F)c4C[C@H]3C[C@@H]12. The maximum absolute atomic E-state index is 16.2. The molecular weight excluding hydrogens is 521 g/mol. The van der Waals surface area contributed by atoms with E-state index in [0.29, 0.717) is 6.54 Å². The van der Waals surface area contributed by atoms with Gasteiger partial charge in [0, 0.05) is 29.1 Å². The van der Waals surface area contributed by atoms with Crippen LogP contribution in [0, 0.1) is 34.9 Å². The maximum Gasteiger partial charge on any atom is 0.235 e. The number of carbonyl (C=O) groups is 5. The van der Waals surface area contributed by atoms with Crippen LogP contribution in [-0.2, 0) is 31.1 Å². The monoisotopic (exact) mass is 559 g/mol. The normalized spacial score (nSPS) is 30.7. The molecule has 40 heavy (non-hydrogen) atoms. The second-order valence-electron chi connectivity index (χ2n) is 13.4. The number of phenolic OH excluding ortho intramolecular Hbond substituents is 1. The largest absolute Gasteiger partial charge is 0.507 e. The summed E-state index contributed by atoms with van der Waals surface area (Å²) in [6.45, 7) is 10.1. The van der Waals surface area contributed by atoms with E-state index in [0.717, 1.165) is 0 Å². The van der Waals surface area contributed by atoms with Crippen LogP contribution in [0.4, 0.5) is 4.39 Å². The Kier molecular flexibility index (Phi) is 7.13. The Hall–Kier alpha value is -3.02. The van der Waals surface area contributed by atoms with Gasteiger partial charge in [0.1, 0.15) is 11.6 Å². The lowest BCUT2D eigenvalue weighted by Crippen LogP contribution is -2.74. The first-order chi connectivity index (χ1) is 18.3. The number of benzene rings is 1. The molecule has 4 rings (SSSR count). The number of ketones is 4. The Morgan fingerprint density at radius 3 is 2.27 bits per heavy atom.